The molecule has 1 fully saturated rings. The van der Waals surface area contributed by atoms with E-state index in [0.717, 1.165) is 46.6 Å². The van der Waals surface area contributed by atoms with Crippen LogP contribution in [-0.4, -0.2) is 32.8 Å². The van der Waals surface area contributed by atoms with Crippen LogP contribution in [0, 0.1) is 18.8 Å². The van der Waals surface area contributed by atoms with E-state index in [1.165, 1.54) is 12.0 Å². The number of nitrogens with one attached hydrogen (secondary N) is 1. The Labute approximate surface area is 188 Å². The van der Waals surface area contributed by atoms with E-state index in [1.807, 2.05) is 35.0 Å². The number of fused-ring (bicyclic) bond motifs is 1. The minimum absolute atomic E-state index is 0.0312. The Kier molecular flexibility index (Phi) is 5.43. The van der Waals surface area contributed by atoms with Crippen molar-refractivity contribution in [1.82, 2.24) is 19.7 Å². The van der Waals surface area contributed by atoms with Gasteiger partial charge in [-0.25, -0.2) is 4.68 Å². The van der Waals surface area contributed by atoms with Gasteiger partial charge in [-0.15, -0.1) is 0 Å². The van der Waals surface area contributed by atoms with Crippen molar-refractivity contribution in [2.45, 2.75) is 33.7 Å². The van der Waals surface area contributed by atoms with Crippen LogP contribution in [0.3, 0.4) is 0 Å². The third-order valence-corrected chi connectivity index (χ3v) is 6.39. The molecule has 0 amide bonds. The number of aryl methyl sites for hydroxylation is 1. The number of nitrogens with zero attached hydrogens (tertiary/aromatic N) is 3. The van der Waals surface area contributed by atoms with Crippen LogP contribution in [-0.2, 0) is 6.54 Å². The van der Waals surface area contributed by atoms with Gasteiger partial charge in [0.05, 0.1) is 5.69 Å². The molecule has 4 aromatic rings. The fourth-order valence-corrected chi connectivity index (χ4v) is 5.16. The molecule has 5 rings (SSSR count). The first kappa shape index (κ1) is 20.7. The number of piperidine rings is 1. The Morgan fingerprint density at radius 3 is 2.47 bits per heavy atom. The quantitative estimate of drug-likeness (QED) is 0.490. The normalized spacial score (nSPS) is 19.5. The van der Waals surface area contributed by atoms with Crippen LogP contribution in [0.1, 0.15) is 31.4 Å². The van der Waals surface area contributed by atoms with Crippen molar-refractivity contribution >= 4 is 11.0 Å². The summed E-state index contributed by atoms with van der Waals surface area (Å²) in [5.74, 6) is 1.32. The fourth-order valence-electron chi connectivity index (χ4n) is 5.16. The van der Waals surface area contributed by atoms with Gasteiger partial charge in [-0.1, -0.05) is 55.8 Å². The lowest BCUT2D eigenvalue weighted by molar-refractivity contribution is 0.134. The van der Waals surface area contributed by atoms with Crippen LogP contribution in [0.25, 0.3) is 28.0 Å². The second-order valence-corrected chi connectivity index (χ2v) is 9.49. The Hall–Kier alpha value is -3.18. The molecule has 1 saturated heterocycles. The monoisotopic (exact) mass is 426 g/mol. The highest BCUT2D eigenvalue weighted by Crippen LogP contribution is 2.30. The summed E-state index contributed by atoms with van der Waals surface area (Å²) in [7, 11) is 0. The van der Waals surface area contributed by atoms with Crippen molar-refractivity contribution in [2.75, 3.05) is 13.1 Å². The summed E-state index contributed by atoms with van der Waals surface area (Å²) in [6.45, 7) is 9.44. The molecular formula is C27H30N4O. The molecule has 1 aliphatic rings. The molecule has 32 heavy (non-hydrogen) atoms. The third-order valence-electron chi connectivity index (χ3n) is 6.39. The van der Waals surface area contributed by atoms with E-state index >= 15 is 0 Å². The zero-order valence-electron chi connectivity index (χ0n) is 19.0. The summed E-state index contributed by atoms with van der Waals surface area (Å²) in [6, 6.07) is 20.4. The SMILES string of the molecule is Cc1cccc(-c2nn(-c3ccccc3)c3[nH]c(=O)c(CN4C[C@@H](C)C[C@H](C)C4)cc23)c1. The average molecular weight is 427 g/mol. The number of aromatic amines is 1. The predicted molar refractivity (Wildman–Crippen MR) is 130 cm³/mol. The number of para-hydroxylation sites is 1. The maximum atomic E-state index is 13.1. The minimum Gasteiger partial charge on any atom is -0.306 e. The van der Waals surface area contributed by atoms with E-state index in [0.29, 0.717) is 18.4 Å². The second kappa shape index (κ2) is 8.40. The molecule has 1 aliphatic heterocycles. The summed E-state index contributed by atoms with van der Waals surface area (Å²) < 4.78 is 1.85. The van der Waals surface area contributed by atoms with Crippen LogP contribution in [0.5, 0.6) is 0 Å². The molecule has 0 unspecified atom stereocenters. The van der Waals surface area contributed by atoms with Gasteiger partial charge in [-0.3, -0.25) is 9.69 Å². The lowest BCUT2D eigenvalue weighted by atomic mass is 9.91. The lowest BCUT2D eigenvalue weighted by Crippen LogP contribution is -2.39. The zero-order chi connectivity index (χ0) is 22.2. The van der Waals surface area contributed by atoms with Crippen molar-refractivity contribution in [3.8, 4) is 16.9 Å². The number of hydrogen-bond acceptors (Lipinski definition) is 3. The number of hydrogen-bond donors (Lipinski definition) is 1. The van der Waals surface area contributed by atoms with Gasteiger partial charge in [0.2, 0.25) is 0 Å². The minimum atomic E-state index is -0.0312. The van der Waals surface area contributed by atoms with E-state index in [9.17, 15) is 4.79 Å². The number of H-pyrrole nitrogens is 1. The van der Waals surface area contributed by atoms with Crippen molar-refractivity contribution < 1.29 is 0 Å². The van der Waals surface area contributed by atoms with Gasteiger partial charge in [0, 0.05) is 36.1 Å². The molecule has 5 nitrogen and oxygen atoms in total. The van der Waals surface area contributed by atoms with Gasteiger partial charge in [-0.2, -0.15) is 5.10 Å². The second-order valence-electron chi connectivity index (χ2n) is 9.49. The smallest absolute Gasteiger partial charge is 0.254 e. The summed E-state index contributed by atoms with van der Waals surface area (Å²) >= 11 is 0. The van der Waals surface area contributed by atoms with E-state index in [-0.39, 0.29) is 5.56 Å². The zero-order valence-corrected chi connectivity index (χ0v) is 19.0. The molecule has 2 aromatic heterocycles. The van der Waals surface area contributed by atoms with Crippen LogP contribution in [0.15, 0.2) is 65.5 Å². The molecular weight excluding hydrogens is 396 g/mol. The lowest BCUT2D eigenvalue weighted by Gasteiger charge is -2.34. The van der Waals surface area contributed by atoms with Crippen LogP contribution >= 0.6 is 0 Å². The predicted octanol–water partition coefficient (Wildman–Crippen LogP) is 5.17. The molecule has 0 radical (unpaired) electrons. The first-order valence-corrected chi connectivity index (χ1v) is 11.5. The Bertz CT molecular complexity index is 1290. The highest BCUT2D eigenvalue weighted by Gasteiger charge is 2.23. The van der Waals surface area contributed by atoms with Gasteiger partial charge < -0.3 is 4.98 Å². The number of likely N-dealkylation sites (tertiary alicyclic amines) is 1. The van der Waals surface area contributed by atoms with Crippen molar-refractivity contribution in [1.29, 1.82) is 0 Å². The first-order chi connectivity index (χ1) is 15.5. The molecule has 2 aromatic carbocycles. The van der Waals surface area contributed by atoms with Crippen LogP contribution in [0.4, 0.5) is 0 Å². The largest absolute Gasteiger partial charge is 0.306 e. The highest BCUT2D eigenvalue weighted by molar-refractivity contribution is 5.92. The molecule has 3 heterocycles. The number of aromatic nitrogens is 3. The summed E-state index contributed by atoms with van der Waals surface area (Å²) in [6.07, 6.45) is 1.26. The third kappa shape index (κ3) is 4.00. The van der Waals surface area contributed by atoms with Crippen molar-refractivity contribution in [3.63, 3.8) is 0 Å². The Morgan fingerprint density at radius 2 is 1.75 bits per heavy atom. The molecule has 5 heteroatoms. The van der Waals surface area contributed by atoms with Gasteiger partial charge in [0.25, 0.3) is 5.56 Å². The van der Waals surface area contributed by atoms with Gasteiger partial charge in [-0.05, 0) is 49.4 Å². The first-order valence-electron chi connectivity index (χ1n) is 11.5. The molecule has 1 N–H and O–H groups in total. The summed E-state index contributed by atoms with van der Waals surface area (Å²) in [4.78, 5) is 18.7. The van der Waals surface area contributed by atoms with Gasteiger partial charge in [0.15, 0.2) is 0 Å². The number of benzene rings is 2. The molecule has 164 valence electrons. The number of rotatable bonds is 4. The molecule has 0 spiro atoms. The topological polar surface area (TPSA) is 53.9 Å². The van der Waals surface area contributed by atoms with E-state index in [4.69, 9.17) is 5.10 Å². The Morgan fingerprint density at radius 1 is 1.00 bits per heavy atom. The van der Waals surface area contributed by atoms with Crippen LogP contribution in [0.2, 0.25) is 0 Å². The highest BCUT2D eigenvalue weighted by atomic mass is 16.1. The molecule has 0 bridgehead atoms. The average Bonchev–Trinajstić information content (AvgIpc) is 3.12. The molecule has 0 aliphatic carbocycles. The van der Waals surface area contributed by atoms with Crippen LogP contribution < -0.4 is 5.56 Å². The number of pyridine rings is 1. The van der Waals surface area contributed by atoms with E-state index in [1.54, 1.807) is 0 Å². The fraction of sp³-hybridized carbons (Fsp3) is 0.333. The Balaban J connectivity index is 1.65. The molecule has 0 saturated carbocycles. The van der Waals surface area contributed by atoms with E-state index in [2.05, 4.69) is 61.0 Å². The van der Waals surface area contributed by atoms with Gasteiger partial charge >= 0.3 is 0 Å². The summed E-state index contributed by atoms with van der Waals surface area (Å²) in [5, 5.41) is 5.94. The maximum Gasteiger partial charge on any atom is 0.254 e. The maximum absolute atomic E-state index is 13.1. The van der Waals surface area contributed by atoms with E-state index < -0.39 is 0 Å². The van der Waals surface area contributed by atoms with Crippen molar-refractivity contribution in [2.24, 2.45) is 11.8 Å². The molecule has 2 atom stereocenters. The summed E-state index contributed by atoms with van der Waals surface area (Å²) in [5.41, 5.74) is 5.58. The van der Waals surface area contributed by atoms with Crippen molar-refractivity contribution in [3.05, 3.63) is 82.1 Å². The van der Waals surface area contributed by atoms with Gasteiger partial charge in [0.1, 0.15) is 11.3 Å². The standard InChI is InChI=1S/C27H30N4O/c1-18-8-7-9-21(13-18)25-24-14-22(17-30-15-19(2)12-20(3)16-30)27(32)28-26(24)31(29-25)23-10-5-4-6-11-23/h4-11,13-14,19-20H,12,15-17H2,1-3H3,(H,28,32)/t19-,20-/m0/s1.